The minimum atomic E-state index is -1.57. The maximum absolute atomic E-state index is 15.7. The van der Waals surface area contributed by atoms with Gasteiger partial charge in [-0.1, -0.05) is 11.2 Å². The van der Waals surface area contributed by atoms with Gasteiger partial charge in [0.2, 0.25) is 0 Å². The lowest BCUT2D eigenvalue weighted by molar-refractivity contribution is 0.0514. The van der Waals surface area contributed by atoms with Crippen LogP contribution >= 0.6 is 0 Å². The highest BCUT2D eigenvalue weighted by molar-refractivity contribution is 5.87. The van der Waals surface area contributed by atoms with Gasteiger partial charge >= 0.3 is 12.1 Å². The number of carbonyl (C=O) groups excluding carboxylic acids is 2. The molecule has 2 aromatic heterocycles. The summed E-state index contributed by atoms with van der Waals surface area (Å²) in [5.74, 6) is -0.656. The van der Waals surface area contributed by atoms with Crippen LogP contribution in [-0.2, 0) is 16.1 Å². The summed E-state index contributed by atoms with van der Waals surface area (Å²) >= 11 is 0. The van der Waals surface area contributed by atoms with Crippen LogP contribution in [0.2, 0.25) is 0 Å². The first kappa shape index (κ1) is 24.1. The Labute approximate surface area is 205 Å². The molecule has 1 amide bonds. The van der Waals surface area contributed by atoms with Crippen LogP contribution in [0.15, 0.2) is 40.9 Å². The monoisotopic (exact) mass is 500 g/mol. The predicted molar refractivity (Wildman–Crippen MR) is 123 cm³/mol. The minimum Gasteiger partial charge on any atom is -0.461 e. The molecule has 1 aliphatic carbocycles. The number of halogens is 2. The topological polar surface area (TPSA) is 116 Å². The number of benzene rings is 1. The standard InChI is InChI=1S/C25H26F2N4O5/c1-2-34-23(32)21-8-17(36-31-21)12-35-24(33)29-13-25(27)9-15-11-28-22(18(15)10-25)20-5-3-14-7-16(26)4-6-19(14)30-20/h3-8,15,18,22,28H,2,9-13H2,1H3,(H,29,33)/t15-,18+,22+,25+/m0/s1. The fourth-order valence-corrected chi connectivity index (χ4v) is 5.19. The number of pyridine rings is 1. The van der Waals surface area contributed by atoms with Gasteiger partial charge in [0.15, 0.2) is 18.1 Å². The largest absolute Gasteiger partial charge is 0.461 e. The first-order chi connectivity index (χ1) is 17.3. The van der Waals surface area contributed by atoms with Crippen molar-refractivity contribution in [2.75, 3.05) is 19.7 Å². The van der Waals surface area contributed by atoms with Crippen molar-refractivity contribution >= 4 is 23.0 Å². The van der Waals surface area contributed by atoms with Gasteiger partial charge in [-0.05, 0) is 62.4 Å². The molecule has 3 heterocycles. The molecule has 0 spiro atoms. The summed E-state index contributed by atoms with van der Waals surface area (Å²) in [6.07, 6.45) is -0.217. The van der Waals surface area contributed by atoms with Crippen LogP contribution in [0.25, 0.3) is 10.9 Å². The maximum atomic E-state index is 15.7. The molecule has 3 aromatic rings. The number of rotatable bonds is 7. The summed E-state index contributed by atoms with van der Waals surface area (Å²) in [5, 5.41) is 10.2. The molecule has 1 saturated heterocycles. The molecule has 1 aliphatic heterocycles. The molecule has 2 aliphatic rings. The Morgan fingerprint density at radius 3 is 2.92 bits per heavy atom. The van der Waals surface area contributed by atoms with Gasteiger partial charge in [-0.3, -0.25) is 4.98 Å². The minimum absolute atomic E-state index is 0.0210. The van der Waals surface area contributed by atoms with Gasteiger partial charge in [0.25, 0.3) is 0 Å². The molecular formula is C25H26F2N4O5. The summed E-state index contributed by atoms with van der Waals surface area (Å²) < 4.78 is 44.0. The lowest BCUT2D eigenvalue weighted by Gasteiger charge is -2.23. The summed E-state index contributed by atoms with van der Waals surface area (Å²) in [7, 11) is 0. The second kappa shape index (κ2) is 9.81. The summed E-state index contributed by atoms with van der Waals surface area (Å²) in [5.41, 5.74) is -0.105. The number of esters is 1. The molecule has 36 heavy (non-hydrogen) atoms. The van der Waals surface area contributed by atoms with Crippen LogP contribution in [0.3, 0.4) is 0 Å². The second-order valence-electron chi connectivity index (χ2n) is 9.27. The molecule has 0 radical (unpaired) electrons. The molecule has 9 nitrogen and oxygen atoms in total. The van der Waals surface area contributed by atoms with E-state index in [2.05, 4.69) is 20.8 Å². The number of carbonyl (C=O) groups is 2. The third-order valence-electron chi connectivity index (χ3n) is 6.79. The molecule has 2 fully saturated rings. The summed E-state index contributed by atoms with van der Waals surface area (Å²) in [4.78, 5) is 28.4. The Morgan fingerprint density at radius 2 is 2.08 bits per heavy atom. The number of alkyl halides is 1. The normalized spacial score (nSPS) is 25.0. The lowest BCUT2D eigenvalue weighted by Crippen LogP contribution is -2.39. The van der Waals surface area contributed by atoms with Gasteiger partial charge in [0, 0.05) is 11.5 Å². The van der Waals surface area contributed by atoms with Gasteiger partial charge in [-0.2, -0.15) is 0 Å². The van der Waals surface area contributed by atoms with Crippen molar-refractivity contribution in [2.24, 2.45) is 11.8 Å². The summed E-state index contributed by atoms with van der Waals surface area (Å²) in [6, 6.07) is 9.34. The van der Waals surface area contributed by atoms with Crippen LogP contribution in [0.5, 0.6) is 0 Å². The molecular weight excluding hydrogens is 474 g/mol. The van der Waals surface area contributed by atoms with Crippen LogP contribution in [0.4, 0.5) is 13.6 Å². The molecule has 1 aromatic carbocycles. The van der Waals surface area contributed by atoms with Gasteiger partial charge in [-0.25, -0.2) is 18.4 Å². The van der Waals surface area contributed by atoms with E-state index in [-0.39, 0.29) is 61.3 Å². The van der Waals surface area contributed by atoms with E-state index >= 15 is 4.39 Å². The van der Waals surface area contributed by atoms with Crippen molar-refractivity contribution in [3.63, 3.8) is 0 Å². The molecule has 0 bridgehead atoms. The van der Waals surface area contributed by atoms with E-state index < -0.39 is 17.7 Å². The number of ether oxygens (including phenoxy) is 2. The quantitative estimate of drug-likeness (QED) is 0.470. The predicted octanol–water partition coefficient (Wildman–Crippen LogP) is 3.84. The highest BCUT2D eigenvalue weighted by Gasteiger charge is 2.52. The summed E-state index contributed by atoms with van der Waals surface area (Å²) in [6.45, 7) is 2.08. The fourth-order valence-electron chi connectivity index (χ4n) is 5.19. The number of hydrogen-bond donors (Lipinski definition) is 2. The zero-order valence-corrected chi connectivity index (χ0v) is 19.6. The third kappa shape index (κ3) is 5.01. The van der Waals surface area contributed by atoms with Gasteiger partial charge in [-0.15, -0.1) is 0 Å². The van der Waals surface area contributed by atoms with Crippen LogP contribution < -0.4 is 10.6 Å². The Hall–Kier alpha value is -3.60. The van der Waals surface area contributed by atoms with Crippen LogP contribution in [0.1, 0.15) is 47.7 Å². The fraction of sp³-hybridized carbons (Fsp3) is 0.440. The SMILES string of the molecule is CCOC(=O)c1cc(COC(=O)NC[C@@]2(F)C[C@H]3CN[C@@H](c4ccc5cc(F)ccc5n4)[C@@H]3C2)on1. The van der Waals surface area contributed by atoms with Crippen molar-refractivity contribution in [2.45, 2.75) is 38.1 Å². The van der Waals surface area contributed by atoms with Crippen LogP contribution in [-0.4, -0.2) is 47.6 Å². The Morgan fingerprint density at radius 1 is 1.22 bits per heavy atom. The van der Waals surface area contributed by atoms with Gasteiger partial charge in [0.1, 0.15) is 11.5 Å². The number of amides is 1. The Balaban J connectivity index is 1.14. The third-order valence-corrected chi connectivity index (χ3v) is 6.79. The van der Waals surface area contributed by atoms with Crippen molar-refractivity contribution in [3.05, 3.63) is 59.4 Å². The highest BCUT2D eigenvalue weighted by Crippen LogP contribution is 2.50. The average Bonchev–Trinajstić information content (AvgIpc) is 3.56. The number of nitrogens with zero attached hydrogens (tertiary/aromatic N) is 2. The van der Waals surface area contributed by atoms with Crippen molar-refractivity contribution in [3.8, 4) is 0 Å². The molecule has 0 unspecified atom stereocenters. The van der Waals surface area contributed by atoms with E-state index in [1.54, 1.807) is 13.0 Å². The zero-order valence-electron chi connectivity index (χ0n) is 19.6. The molecule has 11 heteroatoms. The molecule has 4 atom stereocenters. The van der Waals surface area contributed by atoms with E-state index in [0.29, 0.717) is 23.9 Å². The van der Waals surface area contributed by atoms with E-state index in [1.165, 1.54) is 18.2 Å². The number of alkyl carbamates (subject to hydrolysis) is 1. The Bertz CT molecular complexity index is 1280. The van der Waals surface area contributed by atoms with Crippen molar-refractivity contribution in [1.82, 2.24) is 20.8 Å². The van der Waals surface area contributed by atoms with E-state index in [1.807, 2.05) is 12.1 Å². The van der Waals surface area contributed by atoms with Crippen molar-refractivity contribution in [1.29, 1.82) is 0 Å². The number of fused-ring (bicyclic) bond motifs is 2. The van der Waals surface area contributed by atoms with E-state index in [4.69, 9.17) is 14.0 Å². The average molecular weight is 501 g/mol. The van der Waals surface area contributed by atoms with E-state index in [9.17, 15) is 14.0 Å². The van der Waals surface area contributed by atoms with E-state index in [0.717, 1.165) is 5.69 Å². The first-order valence-electron chi connectivity index (χ1n) is 11.9. The molecule has 1 saturated carbocycles. The number of aromatic nitrogens is 2. The second-order valence-corrected chi connectivity index (χ2v) is 9.27. The van der Waals surface area contributed by atoms with Gasteiger partial charge in [0.05, 0.1) is 30.4 Å². The smallest absolute Gasteiger partial charge is 0.407 e. The Kier molecular flexibility index (Phi) is 6.57. The van der Waals surface area contributed by atoms with Gasteiger partial charge < -0.3 is 24.6 Å². The lowest BCUT2D eigenvalue weighted by atomic mass is 9.91. The van der Waals surface area contributed by atoms with Crippen LogP contribution in [0, 0.1) is 17.7 Å². The number of nitrogens with one attached hydrogen (secondary N) is 2. The first-order valence-corrected chi connectivity index (χ1v) is 11.9. The highest BCUT2D eigenvalue weighted by atomic mass is 19.1. The number of hydrogen-bond acceptors (Lipinski definition) is 8. The molecule has 5 rings (SSSR count). The maximum Gasteiger partial charge on any atom is 0.407 e. The molecule has 190 valence electrons. The van der Waals surface area contributed by atoms with Crippen molar-refractivity contribution < 1.29 is 32.4 Å². The molecule has 2 N–H and O–H groups in total. The zero-order chi connectivity index (χ0) is 25.3.